The Hall–Kier alpha value is -3.16. The number of alkyl halides is 3. The lowest BCUT2D eigenvalue weighted by Gasteiger charge is -2.18. The maximum Gasteiger partial charge on any atom is 0.418 e. The highest BCUT2D eigenvalue weighted by molar-refractivity contribution is 5.94. The van der Waals surface area contributed by atoms with Crippen LogP contribution < -0.4 is 10.9 Å². The Balaban J connectivity index is 1.93. The fourth-order valence-corrected chi connectivity index (χ4v) is 2.56. The molecular formula is C18H14F3N3O2. The molecule has 2 aromatic carbocycles. The number of nitrogens with zero attached hydrogens (tertiary/aromatic N) is 2. The molecule has 1 amide bonds. The van der Waals surface area contributed by atoms with Crippen LogP contribution in [0.15, 0.2) is 59.7 Å². The minimum atomic E-state index is -4.60. The highest BCUT2D eigenvalue weighted by Crippen LogP contribution is 2.34. The van der Waals surface area contributed by atoms with E-state index in [2.05, 4.69) is 10.3 Å². The van der Waals surface area contributed by atoms with Crippen molar-refractivity contribution in [1.29, 1.82) is 0 Å². The van der Waals surface area contributed by atoms with E-state index in [9.17, 15) is 22.8 Å². The van der Waals surface area contributed by atoms with Crippen LogP contribution >= 0.6 is 0 Å². The SMILES string of the molecule is CC(C(=O)Nc1ccccc1C(F)(F)F)n1cnc2ccccc2c1=O. The molecule has 3 rings (SSSR count). The van der Waals surface area contributed by atoms with Gasteiger partial charge in [-0.1, -0.05) is 24.3 Å². The summed E-state index contributed by atoms with van der Waals surface area (Å²) >= 11 is 0. The molecule has 5 nitrogen and oxygen atoms in total. The summed E-state index contributed by atoms with van der Waals surface area (Å²) in [5.74, 6) is -0.749. The Morgan fingerprint density at radius 2 is 1.77 bits per heavy atom. The fourth-order valence-electron chi connectivity index (χ4n) is 2.56. The summed E-state index contributed by atoms with van der Waals surface area (Å²) in [4.78, 5) is 29.0. The molecule has 0 aliphatic rings. The van der Waals surface area contributed by atoms with E-state index in [0.29, 0.717) is 10.9 Å². The van der Waals surface area contributed by atoms with Gasteiger partial charge < -0.3 is 5.32 Å². The molecule has 0 fully saturated rings. The van der Waals surface area contributed by atoms with Gasteiger partial charge in [0, 0.05) is 0 Å². The molecule has 1 atom stereocenters. The molecule has 0 bridgehead atoms. The lowest BCUT2D eigenvalue weighted by Crippen LogP contribution is -2.32. The van der Waals surface area contributed by atoms with Gasteiger partial charge in [-0.15, -0.1) is 0 Å². The molecule has 0 radical (unpaired) electrons. The maximum absolute atomic E-state index is 13.0. The normalized spacial score (nSPS) is 12.8. The Bertz CT molecular complexity index is 1030. The highest BCUT2D eigenvalue weighted by atomic mass is 19.4. The van der Waals surface area contributed by atoms with E-state index in [0.717, 1.165) is 16.7 Å². The zero-order valence-corrected chi connectivity index (χ0v) is 13.6. The van der Waals surface area contributed by atoms with Gasteiger partial charge in [-0.2, -0.15) is 13.2 Å². The number of carbonyl (C=O) groups excluding carboxylic acids is 1. The third kappa shape index (κ3) is 3.30. The summed E-state index contributed by atoms with van der Waals surface area (Å²) in [6, 6.07) is 10.2. The summed E-state index contributed by atoms with van der Waals surface area (Å²) in [5.41, 5.74) is -1.28. The van der Waals surface area contributed by atoms with Crippen molar-refractivity contribution >= 4 is 22.5 Å². The van der Waals surface area contributed by atoms with Crippen molar-refractivity contribution in [2.24, 2.45) is 0 Å². The molecule has 134 valence electrons. The monoisotopic (exact) mass is 361 g/mol. The van der Waals surface area contributed by atoms with Crippen molar-refractivity contribution in [2.45, 2.75) is 19.1 Å². The number of hydrogen-bond acceptors (Lipinski definition) is 3. The van der Waals surface area contributed by atoms with Crippen LogP contribution in [0, 0.1) is 0 Å². The number of carbonyl (C=O) groups is 1. The van der Waals surface area contributed by atoms with E-state index in [1.165, 1.54) is 25.4 Å². The summed E-state index contributed by atoms with van der Waals surface area (Å²) in [6.07, 6.45) is -3.39. The number of nitrogens with one attached hydrogen (secondary N) is 1. The Morgan fingerprint density at radius 3 is 2.50 bits per heavy atom. The van der Waals surface area contributed by atoms with E-state index in [4.69, 9.17) is 0 Å². The van der Waals surface area contributed by atoms with E-state index in [1.807, 2.05) is 0 Å². The van der Waals surface area contributed by atoms with Crippen molar-refractivity contribution in [2.75, 3.05) is 5.32 Å². The van der Waals surface area contributed by atoms with Gasteiger partial charge >= 0.3 is 6.18 Å². The largest absolute Gasteiger partial charge is 0.418 e. The first kappa shape index (κ1) is 17.7. The summed E-state index contributed by atoms with van der Waals surface area (Å²) in [5, 5.41) is 2.57. The lowest BCUT2D eigenvalue weighted by atomic mass is 10.1. The molecule has 1 heterocycles. The molecule has 0 aliphatic carbocycles. The zero-order valence-electron chi connectivity index (χ0n) is 13.6. The number of aromatic nitrogens is 2. The van der Waals surface area contributed by atoms with E-state index >= 15 is 0 Å². The molecule has 0 spiro atoms. The van der Waals surface area contributed by atoms with Crippen molar-refractivity contribution in [3.8, 4) is 0 Å². The van der Waals surface area contributed by atoms with Gasteiger partial charge in [0.15, 0.2) is 0 Å². The summed E-state index contributed by atoms with van der Waals surface area (Å²) < 4.78 is 40.2. The van der Waals surface area contributed by atoms with Crippen LogP contribution in [-0.2, 0) is 11.0 Å². The minimum Gasteiger partial charge on any atom is -0.324 e. The number of rotatable bonds is 3. The number of halogens is 3. The molecule has 0 aliphatic heterocycles. The first-order valence-electron chi connectivity index (χ1n) is 7.72. The average molecular weight is 361 g/mol. The van der Waals surface area contributed by atoms with Crippen LogP contribution in [0.2, 0.25) is 0 Å². The lowest BCUT2D eigenvalue weighted by molar-refractivity contribution is -0.137. The van der Waals surface area contributed by atoms with Crippen LogP contribution in [-0.4, -0.2) is 15.5 Å². The van der Waals surface area contributed by atoms with Gasteiger partial charge in [-0.05, 0) is 31.2 Å². The second kappa shape index (κ2) is 6.62. The van der Waals surface area contributed by atoms with Gasteiger partial charge in [0.1, 0.15) is 6.04 Å². The average Bonchev–Trinajstić information content (AvgIpc) is 2.61. The van der Waals surface area contributed by atoms with E-state index in [-0.39, 0.29) is 5.69 Å². The Morgan fingerprint density at radius 1 is 1.12 bits per heavy atom. The van der Waals surface area contributed by atoms with Crippen LogP contribution in [0.25, 0.3) is 10.9 Å². The van der Waals surface area contributed by atoms with Crippen LogP contribution in [0.3, 0.4) is 0 Å². The molecule has 0 saturated heterocycles. The minimum absolute atomic E-state index is 0.324. The second-order valence-electron chi connectivity index (χ2n) is 5.68. The predicted molar refractivity (Wildman–Crippen MR) is 90.8 cm³/mol. The van der Waals surface area contributed by atoms with Crippen LogP contribution in [0.4, 0.5) is 18.9 Å². The second-order valence-corrected chi connectivity index (χ2v) is 5.68. The number of benzene rings is 2. The molecule has 1 unspecified atom stereocenters. The first-order valence-corrected chi connectivity index (χ1v) is 7.72. The third-order valence-corrected chi connectivity index (χ3v) is 3.98. The Labute approximate surface area is 146 Å². The van der Waals surface area contributed by atoms with Crippen LogP contribution in [0.5, 0.6) is 0 Å². The summed E-state index contributed by atoms with van der Waals surface area (Å²) in [7, 11) is 0. The topological polar surface area (TPSA) is 64.0 Å². The molecule has 0 saturated carbocycles. The molecule has 3 aromatic rings. The van der Waals surface area contributed by atoms with Gasteiger partial charge in [0.2, 0.25) is 5.91 Å². The molecular weight excluding hydrogens is 347 g/mol. The molecule has 26 heavy (non-hydrogen) atoms. The zero-order chi connectivity index (χ0) is 18.9. The van der Waals surface area contributed by atoms with Crippen molar-refractivity contribution in [1.82, 2.24) is 9.55 Å². The fraction of sp³-hybridized carbons (Fsp3) is 0.167. The number of anilines is 1. The quantitative estimate of drug-likeness (QED) is 0.775. The van der Waals surface area contributed by atoms with E-state index < -0.39 is 29.2 Å². The predicted octanol–water partition coefficient (Wildman–Crippen LogP) is 3.62. The Kier molecular flexibility index (Phi) is 4.50. The molecule has 1 aromatic heterocycles. The standard InChI is InChI=1S/C18H14F3N3O2/c1-11(24-10-22-14-8-4-2-6-12(14)17(24)26)16(25)23-15-9-5-3-7-13(15)18(19,20)21/h2-11H,1H3,(H,23,25). The number of fused-ring (bicyclic) bond motifs is 1. The van der Waals surface area contributed by atoms with E-state index in [1.54, 1.807) is 24.3 Å². The maximum atomic E-state index is 13.0. The number of para-hydroxylation sites is 2. The van der Waals surface area contributed by atoms with Crippen molar-refractivity contribution in [3.63, 3.8) is 0 Å². The number of hydrogen-bond donors (Lipinski definition) is 1. The van der Waals surface area contributed by atoms with Gasteiger partial charge in [-0.3, -0.25) is 14.2 Å². The third-order valence-electron chi connectivity index (χ3n) is 3.98. The highest BCUT2D eigenvalue weighted by Gasteiger charge is 2.34. The first-order chi connectivity index (χ1) is 12.3. The van der Waals surface area contributed by atoms with Gasteiger partial charge in [0.25, 0.3) is 5.56 Å². The summed E-state index contributed by atoms with van der Waals surface area (Å²) in [6.45, 7) is 1.42. The van der Waals surface area contributed by atoms with Crippen molar-refractivity contribution in [3.05, 3.63) is 70.8 Å². The smallest absolute Gasteiger partial charge is 0.324 e. The van der Waals surface area contributed by atoms with Gasteiger partial charge in [0.05, 0.1) is 28.5 Å². The van der Waals surface area contributed by atoms with Crippen molar-refractivity contribution < 1.29 is 18.0 Å². The molecule has 8 heteroatoms. The van der Waals surface area contributed by atoms with Gasteiger partial charge in [-0.25, -0.2) is 4.98 Å². The molecule has 1 N–H and O–H groups in total. The number of amides is 1. The van der Waals surface area contributed by atoms with Crippen LogP contribution in [0.1, 0.15) is 18.5 Å².